The third kappa shape index (κ3) is 13.5. The number of aromatic nitrogens is 10. The average Bonchev–Trinajstić information content (AvgIpc) is 3.95. The quantitative estimate of drug-likeness (QED) is 0.114. The van der Waals surface area contributed by atoms with Crippen molar-refractivity contribution >= 4 is 0 Å². The van der Waals surface area contributed by atoms with Gasteiger partial charge in [0.2, 0.25) is 11.6 Å². The maximum absolute atomic E-state index is 12.8. The van der Waals surface area contributed by atoms with Crippen LogP contribution < -0.4 is 4.74 Å². The van der Waals surface area contributed by atoms with Gasteiger partial charge in [-0.2, -0.15) is 35.9 Å². The number of halogens is 6. The van der Waals surface area contributed by atoms with Gasteiger partial charge in [-0.1, -0.05) is 72.8 Å². The Morgan fingerprint density at radius 3 is 1.43 bits per heavy atom. The van der Waals surface area contributed by atoms with Crippen LogP contribution in [-0.4, -0.2) is 73.8 Å². The molecule has 2 N–H and O–H groups in total. The lowest BCUT2D eigenvalue weighted by atomic mass is 9.98. The van der Waals surface area contributed by atoms with Gasteiger partial charge in [-0.3, -0.25) is 9.97 Å². The Bertz CT molecular complexity index is 2610. The predicted octanol–water partition coefficient (Wildman–Crippen LogP) is 8.15. The molecule has 4 aromatic heterocycles. The molecule has 0 saturated carbocycles. The summed E-state index contributed by atoms with van der Waals surface area (Å²) in [5.41, 5.74) is 3.49. The highest BCUT2D eigenvalue weighted by molar-refractivity contribution is 5.61. The number of hydrogen-bond donors (Lipinski definition) is 2. The molecule has 0 bridgehead atoms. The molecule has 0 aliphatic carbocycles. The van der Waals surface area contributed by atoms with E-state index in [2.05, 4.69) is 40.8 Å². The van der Waals surface area contributed by atoms with E-state index in [0.29, 0.717) is 43.4 Å². The second-order valence-corrected chi connectivity index (χ2v) is 13.4. The van der Waals surface area contributed by atoms with Crippen LogP contribution in [0.15, 0.2) is 146 Å². The first kappa shape index (κ1) is 45.0. The fourth-order valence-electron chi connectivity index (χ4n) is 5.86. The summed E-state index contributed by atoms with van der Waals surface area (Å²) >= 11 is 0. The Labute approximate surface area is 356 Å². The summed E-state index contributed by atoms with van der Waals surface area (Å²) in [5, 5.41) is 42.1. The van der Waals surface area contributed by atoms with Crippen molar-refractivity contribution in [1.82, 2.24) is 50.4 Å². The fourth-order valence-corrected chi connectivity index (χ4v) is 5.86. The molecule has 0 aliphatic heterocycles. The van der Waals surface area contributed by atoms with Gasteiger partial charge < -0.3 is 14.9 Å². The van der Waals surface area contributed by atoms with Crippen LogP contribution in [-0.2, 0) is 38.3 Å². The first-order valence-corrected chi connectivity index (χ1v) is 19.1. The van der Waals surface area contributed by atoms with E-state index >= 15 is 0 Å². The van der Waals surface area contributed by atoms with Gasteiger partial charge in [0.25, 0.3) is 0 Å². The van der Waals surface area contributed by atoms with E-state index in [1.165, 1.54) is 40.1 Å². The van der Waals surface area contributed by atoms with E-state index in [9.17, 15) is 26.3 Å². The number of nitrogens with zero attached hydrogens (tertiary/aromatic N) is 10. The molecule has 0 atom stereocenters. The lowest BCUT2D eigenvalue weighted by Crippen LogP contribution is -2.11. The molecule has 0 unspecified atom stereocenters. The summed E-state index contributed by atoms with van der Waals surface area (Å²) in [4.78, 5) is 10.4. The number of tetrazole rings is 2. The largest absolute Gasteiger partial charge is 0.506 e. The van der Waals surface area contributed by atoms with Gasteiger partial charge >= 0.3 is 12.4 Å². The Balaban J connectivity index is 0.000000184. The summed E-state index contributed by atoms with van der Waals surface area (Å²) in [6.07, 6.45) is -1.50. The molecule has 19 heteroatoms. The number of aromatic hydroxyl groups is 1. The molecule has 8 aromatic rings. The van der Waals surface area contributed by atoms with Gasteiger partial charge in [0, 0.05) is 23.5 Å². The van der Waals surface area contributed by atoms with Gasteiger partial charge in [-0.25, -0.2) is 0 Å². The topological polar surface area (TPSA) is 163 Å². The zero-order chi connectivity index (χ0) is 44.7. The zero-order valence-corrected chi connectivity index (χ0v) is 33.1. The van der Waals surface area contributed by atoms with Crippen LogP contribution in [0.1, 0.15) is 33.4 Å². The van der Waals surface area contributed by atoms with Crippen molar-refractivity contribution in [3.8, 4) is 34.3 Å². The Morgan fingerprint density at radius 1 is 0.540 bits per heavy atom. The summed E-state index contributed by atoms with van der Waals surface area (Å²) in [7, 11) is 0. The van der Waals surface area contributed by atoms with E-state index in [0.717, 1.165) is 57.6 Å². The summed E-state index contributed by atoms with van der Waals surface area (Å²) < 4.78 is 81.9. The van der Waals surface area contributed by atoms with E-state index in [-0.39, 0.29) is 18.9 Å². The molecule has 0 spiro atoms. The highest BCUT2D eigenvalue weighted by Gasteiger charge is 2.30. The first-order valence-electron chi connectivity index (χ1n) is 19.1. The van der Waals surface area contributed by atoms with Crippen molar-refractivity contribution < 1.29 is 41.3 Å². The summed E-state index contributed by atoms with van der Waals surface area (Å²) in [5.74, 6) is 1.73. The monoisotopic (exact) mass is 868 g/mol. The average molecular weight is 869 g/mol. The van der Waals surface area contributed by atoms with Crippen LogP contribution >= 0.6 is 0 Å². The van der Waals surface area contributed by atoms with Crippen molar-refractivity contribution in [3.63, 3.8) is 0 Å². The van der Waals surface area contributed by atoms with Crippen LogP contribution in [0.2, 0.25) is 0 Å². The Hall–Kier alpha value is -7.54. The number of aliphatic hydroxyl groups excluding tert-OH is 1. The fraction of sp³-hybridized carbons (Fsp3) is 0.182. The Morgan fingerprint density at radius 2 is 1.02 bits per heavy atom. The minimum absolute atomic E-state index is 0.0942. The third-order valence-corrected chi connectivity index (χ3v) is 8.91. The number of benzene rings is 4. The van der Waals surface area contributed by atoms with Crippen molar-refractivity contribution in [2.24, 2.45) is 0 Å². The molecule has 4 heterocycles. The minimum atomic E-state index is -4.35. The van der Waals surface area contributed by atoms with Crippen LogP contribution in [0.25, 0.3) is 22.8 Å². The molecule has 0 aliphatic rings. The highest BCUT2D eigenvalue weighted by atomic mass is 19.4. The number of hydrogen-bond acceptors (Lipinski definition) is 11. The van der Waals surface area contributed by atoms with Gasteiger partial charge in [0.1, 0.15) is 18.1 Å². The zero-order valence-electron chi connectivity index (χ0n) is 33.1. The predicted molar refractivity (Wildman–Crippen MR) is 218 cm³/mol. The number of rotatable bonds is 12. The van der Waals surface area contributed by atoms with Crippen LogP contribution in [0, 0.1) is 0 Å². The summed E-state index contributed by atoms with van der Waals surface area (Å²) in [6.45, 7) is 0.911. The smallest absolute Gasteiger partial charge is 0.416 e. The molecule has 0 fully saturated rings. The normalized spacial score (nSPS) is 11.2. The second kappa shape index (κ2) is 21.3. The minimum Gasteiger partial charge on any atom is -0.506 e. The molecule has 13 nitrogen and oxygen atoms in total. The van der Waals surface area contributed by atoms with Crippen LogP contribution in [0.4, 0.5) is 26.3 Å². The van der Waals surface area contributed by atoms with Gasteiger partial charge in [-0.05, 0) is 94.1 Å². The van der Waals surface area contributed by atoms with Crippen LogP contribution in [0.5, 0.6) is 11.5 Å². The second-order valence-electron chi connectivity index (χ2n) is 13.4. The molecule has 0 amide bonds. The maximum atomic E-state index is 12.8. The molecule has 4 aromatic carbocycles. The standard InChI is InChI=1S/C22H18F3N5O.C17H15F3N4O.C5H5NO/c23-22(24,25)18-9-7-16(8-10-18)14-17-4-1-2-6-20(17)21-27-29-30(28-21)12-13-31-19-5-3-11-26-15-19;18-17(19,20)14-7-5-12(6-8-14)11-13-3-1-2-4-15(13)16-21-23-24(22-16)9-10-25;7-5-2-1-3-6-4-5/h1-11,15H,12-14H2;1-8,25H,9-11H2;1-4,7H. The SMILES string of the molecule is FC(F)(F)c1ccc(Cc2ccccc2-c2nnn(CCOc3cccnc3)n2)cc1.OCCn1nnc(-c2ccccc2Cc2ccc(C(F)(F)F)cc2)n1.Oc1cccnc1. The van der Waals surface area contributed by atoms with Gasteiger partial charge in [0.15, 0.2) is 0 Å². The summed E-state index contributed by atoms with van der Waals surface area (Å²) in [6, 6.07) is 32.0. The first-order chi connectivity index (χ1) is 30.4. The molecule has 8 rings (SSSR count). The lowest BCUT2D eigenvalue weighted by Gasteiger charge is -2.09. The van der Waals surface area contributed by atoms with Crippen molar-refractivity contribution in [1.29, 1.82) is 0 Å². The van der Waals surface area contributed by atoms with E-state index in [1.807, 2.05) is 54.6 Å². The van der Waals surface area contributed by atoms with Gasteiger partial charge in [-0.15, -0.1) is 20.4 Å². The van der Waals surface area contributed by atoms with Gasteiger partial charge in [0.05, 0.1) is 43.2 Å². The van der Waals surface area contributed by atoms with Crippen molar-refractivity contribution in [2.75, 3.05) is 13.2 Å². The number of ether oxygens (including phenoxy) is 1. The van der Waals surface area contributed by atoms with Crippen LogP contribution in [0.3, 0.4) is 0 Å². The third-order valence-electron chi connectivity index (χ3n) is 8.91. The molecule has 324 valence electrons. The van der Waals surface area contributed by atoms with E-state index in [4.69, 9.17) is 14.9 Å². The molecular formula is C44H38F6N10O3. The van der Waals surface area contributed by atoms with E-state index < -0.39 is 23.5 Å². The molecule has 0 radical (unpaired) electrons. The van der Waals surface area contributed by atoms with Crippen molar-refractivity contribution in [2.45, 2.75) is 38.3 Å². The number of pyridine rings is 2. The molecular weight excluding hydrogens is 831 g/mol. The number of alkyl halides is 6. The lowest BCUT2D eigenvalue weighted by molar-refractivity contribution is -0.138. The molecule has 63 heavy (non-hydrogen) atoms. The Kier molecular flexibility index (Phi) is 15.2. The van der Waals surface area contributed by atoms with E-state index in [1.54, 1.807) is 36.8 Å². The highest BCUT2D eigenvalue weighted by Crippen LogP contribution is 2.31. The van der Waals surface area contributed by atoms with Crippen molar-refractivity contribution in [3.05, 3.63) is 179 Å². The number of aliphatic hydroxyl groups is 1. The maximum Gasteiger partial charge on any atom is 0.416 e. The molecule has 0 saturated heterocycles.